The number of nitrogens with one attached hydrogen (secondary N) is 1. The summed E-state index contributed by atoms with van der Waals surface area (Å²) in [6.07, 6.45) is 1.18. The van der Waals surface area contributed by atoms with Gasteiger partial charge in [0.25, 0.3) is 0 Å². The molecule has 0 saturated carbocycles. The molecule has 1 unspecified atom stereocenters. The van der Waals surface area contributed by atoms with E-state index in [2.05, 4.69) is 5.32 Å². The van der Waals surface area contributed by atoms with Gasteiger partial charge in [0, 0.05) is 18.0 Å². The number of benzene rings is 2. The van der Waals surface area contributed by atoms with Gasteiger partial charge in [0.05, 0.1) is 4.90 Å². The lowest BCUT2D eigenvalue weighted by molar-refractivity contribution is 0.602. The predicted molar refractivity (Wildman–Crippen MR) is 82.7 cm³/mol. The van der Waals surface area contributed by atoms with E-state index in [0.717, 1.165) is 16.8 Å². The molecule has 0 aromatic heterocycles. The summed E-state index contributed by atoms with van der Waals surface area (Å²) in [5.74, 6) is -0.289. The Bertz CT molecular complexity index is 757. The monoisotopic (exact) mass is 307 g/mol. The molecular weight excluding hydrogens is 289 g/mol. The van der Waals surface area contributed by atoms with Crippen molar-refractivity contribution in [1.82, 2.24) is 0 Å². The van der Waals surface area contributed by atoms with E-state index >= 15 is 0 Å². The Balaban J connectivity index is 2.31. The normalized spacial score (nSPS) is 13.0. The van der Waals surface area contributed by atoms with E-state index in [9.17, 15) is 12.8 Å². The molecule has 0 aliphatic rings. The van der Waals surface area contributed by atoms with E-state index in [-0.39, 0.29) is 16.8 Å². The van der Waals surface area contributed by atoms with Gasteiger partial charge in [-0.05, 0) is 49.2 Å². The highest BCUT2D eigenvalue weighted by Crippen LogP contribution is 2.25. The molecule has 0 saturated heterocycles. The number of hydrogen-bond donors (Lipinski definition) is 1. The summed E-state index contributed by atoms with van der Waals surface area (Å²) in [7, 11) is -3.25. The van der Waals surface area contributed by atoms with Crippen LogP contribution in [0.15, 0.2) is 47.4 Å². The van der Waals surface area contributed by atoms with Crippen molar-refractivity contribution in [1.29, 1.82) is 0 Å². The molecule has 1 atom stereocenters. The molecule has 2 aromatic rings. The number of anilines is 1. The lowest BCUT2D eigenvalue weighted by Crippen LogP contribution is -2.09. The molecule has 112 valence electrons. The topological polar surface area (TPSA) is 46.2 Å². The van der Waals surface area contributed by atoms with E-state index < -0.39 is 9.84 Å². The van der Waals surface area contributed by atoms with Gasteiger partial charge in [-0.3, -0.25) is 0 Å². The quantitative estimate of drug-likeness (QED) is 0.936. The first-order valence-electron chi connectivity index (χ1n) is 6.60. The molecule has 0 aliphatic carbocycles. The van der Waals surface area contributed by atoms with Crippen LogP contribution in [0.2, 0.25) is 0 Å². The van der Waals surface area contributed by atoms with Crippen molar-refractivity contribution < 1.29 is 12.8 Å². The van der Waals surface area contributed by atoms with Crippen LogP contribution in [0, 0.1) is 12.7 Å². The highest BCUT2D eigenvalue weighted by Gasteiger charge is 2.12. The van der Waals surface area contributed by atoms with E-state index in [0.29, 0.717) is 0 Å². The Morgan fingerprint density at radius 3 is 2.48 bits per heavy atom. The van der Waals surface area contributed by atoms with Gasteiger partial charge in [-0.25, -0.2) is 12.8 Å². The van der Waals surface area contributed by atoms with Gasteiger partial charge < -0.3 is 5.32 Å². The van der Waals surface area contributed by atoms with Crippen LogP contribution in [0.25, 0.3) is 0 Å². The van der Waals surface area contributed by atoms with Crippen LogP contribution in [0.1, 0.15) is 24.1 Å². The first-order chi connectivity index (χ1) is 9.77. The molecule has 0 fully saturated rings. The maximum Gasteiger partial charge on any atom is 0.175 e. The fourth-order valence-electron chi connectivity index (χ4n) is 2.08. The minimum Gasteiger partial charge on any atom is -0.378 e. The van der Waals surface area contributed by atoms with E-state index in [1.54, 1.807) is 24.3 Å². The van der Waals surface area contributed by atoms with E-state index in [1.807, 2.05) is 19.9 Å². The van der Waals surface area contributed by atoms with Crippen LogP contribution in [-0.2, 0) is 9.84 Å². The maximum absolute atomic E-state index is 13.3. The molecule has 5 heteroatoms. The number of halogens is 1. The SMILES string of the molecule is Cc1ccc(S(C)(=O)=O)cc1NC(C)c1cccc(F)c1. The third-order valence-electron chi connectivity index (χ3n) is 3.36. The van der Waals surface area contributed by atoms with Gasteiger partial charge >= 0.3 is 0 Å². The largest absolute Gasteiger partial charge is 0.378 e. The molecule has 2 rings (SSSR count). The van der Waals surface area contributed by atoms with Gasteiger partial charge in [0.1, 0.15) is 5.82 Å². The fourth-order valence-corrected chi connectivity index (χ4v) is 2.73. The second kappa shape index (κ2) is 5.85. The molecule has 21 heavy (non-hydrogen) atoms. The second-order valence-corrected chi connectivity index (χ2v) is 7.19. The third kappa shape index (κ3) is 3.82. The molecule has 3 nitrogen and oxygen atoms in total. The minimum absolute atomic E-state index is 0.130. The van der Waals surface area contributed by atoms with Crippen LogP contribution in [0.5, 0.6) is 0 Å². The van der Waals surface area contributed by atoms with Crippen molar-refractivity contribution in [2.75, 3.05) is 11.6 Å². The van der Waals surface area contributed by atoms with Crippen LogP contribution < -0.4 is 5.32 Å². The van der Waals surface area contributed by atoms with Crippen molar-refractivity contribution >= 4 is 15.5 Å². The average Bonchev–Trinajstić information content (AvgIpc) is 2.40. The van der Waals surface area contributed by atoms with Crippen LogP contribution >= 0.6 is 0 Å². The molecule has 0 bridgehead atoms. The Kier molecular flexibility index (Phi) is 4.32. The Hall–Kier alpha value is -1.88. The van der Waals surface area contributed by atoms with Crippen molar-refractivity contribution in [2.24, 2.45) is 0 Å². The third-order valence-corrected chi connectivity index (χ3v) is 4.47. The zero-order valence-electron chi connectivity index (χ0n) is 12.2. The number of hydrogen-bond acceptors (Lipinski definition) is 3. The predicted octanol–water partition coefficient (Wildman–Crippen LogP) is 3.71. The van der Waals surface area contributed by atoms with Crippen molar-refractivity contribution in [3.8, 4) is 0 Å². The van der Waals surface area contributed by atoms with Gasteiger partial charge in [0.2, 0.25) is 0 Å². The number of sulfone groups is 1. The fraction of sp³-hybridized carbons (Fsp3) is 0.250. The molecule has 0 spiro atoms. The molecule has 2 aromatic carbocycles. The maximum atomic E-state index is 13.3. The summed E-state index contributed by atoms with van der Waals surface area (Å²) in [5, 5.41) is 3.24. The number of rotatable bonds is 4. The first kappa shape index (κ1) is 15.5. The van der Waals surface area contributed by atoms with Gasteiger partial charge in [0.15, 0.2) is 9.84 Å². The molecule has 0 amide bonds. The Morgan fingerprint density at radius 1 is 1.14 bits per heavy atom. The van der Waals surface area contributed by atoms with Crippen LogP contribution in [0.3, 0.4) is 0 Å². The summed E-state index contributed by atoms with van der Waals surface area (Å²) in [6.45, 7) is 3.80. The first-order valence-corrected chi connectivity index (χ1v) is 8.49. The number of aryl methyl sites for hydroxylation is 1. The molecule has 1 N–H and O–H groups in total. The highest BCUT2D eigenvalue weighted by molar-refractivity contribution is 7.90. The molecule has 0 aliphatic heterocycles. The zero-order valence-corrected chi connectivity index (χ0v) is 13.0. The summed E-state index contributed by atoms with van der Waals surface area (Å²) in [5.41, 5.74) is 2.47. The van der Waals surface area contributed by atoms with Gasteiger partial charge in [-0.1, -0.05) is 18.2 Å². The summed E-state index contributed by atoms with van der Waals surface area (Å²) in [6, 6.07) is 11.2. The molecular formula is C16H18FNO2S. The van der Waals surface area contributed by atoms with Crippen molar-refractivity contribution in [3.63, 3.8) is 0 Å². The highest BCUT2D eigenvalue weighted by atomic mass is 32.2. The lowest BCUT2D eigenvalue weighted by Gasteiger charge is -2.18. The van der Waals surface area contributed by atoms with E-state index in [4.69, 9.17) is 0 Å². The van der Waals surface area contributed by atoms with Crippen LogP contribution in [-0.4, -0.2) is 14.7 Å². The minimum atomic E-state index is -3.25. The standard InChI is InChI=1S/C16H18FNO2S/c1-11-7-8-15(21(3,19)20)10-16(11)18-12(2)13-5-4-6-14(17)9-13/h4-10,12,18H,1-3H3. The second-order valence-electron chi connectivity index (χ2n) is 5.17. The Morgan fingerprint density at radius 2 is 1.86 bits per heavy atom. The molecule has 0 heterocycles. The summed E-state index contributed by atoms with van der Waals surface area (Å²) >= 11 is 0. The van der Waals surface area contributed by atoms with Crippen molar-refractivity contribution in [3.05, 3.63) is 59.4 Å². The van der Waals surface area contributed by atoms with E-state index in [1.165, 1.54) is 18.4 Å². The van der Waals surface area contributed by atoms with Gasteiger partial charge in [-0.2, -0.15) is 0 Å². The average molecular weight is 307 g/mol. The zero-order chi connectivity index (χ0) is 15.6. The lowest BCUT2D eigenvalue weighted by atomic mass is 10.1. The summed E-state index contributed by atoms with van der Waals surface area (Å²) < 4.78 is 36.5. The molecule has 0 radical (unpaired) electrons. The van der Waals surface area contributed by atoms with Crippen LogP contribution in [0.4, 0.5) is 10.1 Å². The van der Waals surface area contributed by atoms with Gasteiger partial charge in [-0.15, -0.1) is 0 Å². The summed E-state index contributed by atoms with van der Waals surface area (Å²) in [4.78, 5) is 0.266. The van der Waals surface area contributed by atoms with Crippen molar-refractivity contribution in [2.45, 2.75) is 24.8 Å². The Labute approximate surface area is 124 Å². The smallest absolute Gasteiger partial charge is 0.175 e.